The van der Waals surface area contributed by atoms with E-state index in [1.54, 1.807) is 40.5 Å². The predicted molar refractivity (Wildman–Crippen MR) is 128 cm³/mol. The number of hydrogen-bond donors (Lipinski definition) is 2. The van der Waals surface area contributed by atoms with Crippen molar-refractivity contribution < 1.29 is 13.2 Å². The molecule has 4 aromatic rings. The van der Waals surface area contributed by atoms with Crippen LogP contribution in [0.25, 0.3) is 10.9 Å². The maximum atomic E-state index is 13.0. The first-order chi connectivity index (χ1) is 15.5. The molecule has 1 unspecified atom stereocenters. The third kappa shape index (κ3) is 3.97. The van der Waals surface area contributed by atoms with Gasteiger partial charge in [0.05, 0.1) is 4.90 Å². The van der Waals surface area contributed by atoms with E-state index in [1.165, 1.54) is 0 Å². The summed E-state index contributed by atoms with van der Waals surface area (Å²) < 4.78 is 28.9. The van der Waals surface area contributed by atoms with E-state index in [9.17, 15) is 13.2 Å². The summed E-state index contributed by atoms with van der Waals surface area (Å²) in [7, 11) is -3.70. The fourth-order valence-electron chi connectivity index (χ4n) is 4.24. The zero-order chi connectivity index (χ0) is 22.1. The van der Waals surface area contributed by atoms with Crippen LogP contribution >= 0.6 is 11.3 Å². The summed E-state index contributed by atoms with van der Waals surface area (Å²) in [5.74, 6) is -0.0290. The maximum Gasteiger partial charge on any atom is 0.240 e. The molecule has 164 valence electrons. The van der Waals surface area contributed by atoms with Gasteiger partial charge in [-0.2, -0.15) is 0 Å². The van der Waals surface area contributed by atoms with Crippen molar-refractivity contribution in [2.45, 2.75) is 23.7 Å². The molecule has 1 saturated heterocycles. The second kappa shape index (κ2) is 8.54. The highest BCUT2D eigenvalue weighted by Gasteiger charge is 2.24. The van der Waals surface area contributed by atoms with Crippen LogP contribution in [-0.4, -0.2) is 32.4 Å². The first kappa shape index (κ1) is 20.9. The Morgan fingerprint density at radius 3 is 2.59 bits per heavy atom. The number of aromatic nitrogens is 1. The van der Waals surface area contributed by atoms with Gasteiger partial charge in [0, 0.05) is 53.1 Å². The van der Waals surface area contributed by atoms with Gasteiger partial charge in [-0.25, -0.2) is 13.1 Å². The summed E-state index contributed by atoms with van der Waals surface area (Å²) >= 11 is 1.61. The van der Waals surface area contributed by atoms with Gasteiger partial charge in [0.2, 0.25) is 15.9 Å². The largest absolute Gasteiger partial charge is 0.361 e. The van der Waals surface area contributed by atoms with Gasteiger partial charge in [-0.05, 0) is 53.8 Å². The second-order valence-electron chi connectivity index (χ2n) is 7.85. The molecule has 2 N–H and O–H groups in total. The highest BCUT2D eigenvalue weighted by molar-refractivity contribution is 7.89. The van der Waals surface area contributed by atoms with E-state index in [0.29, 0.717) is 13.0 Å². The van der Waals surface area contributed by atoms with Crippen LogP contribution in [0.5, 0.6) is 0 Å². The van der Waals surface area contributed by atoms with Crippen molar-refractivity contribution in [2.75, 3.05) is 18.0 Å². The molecule has 0 radical (unpaired) electrons. The Bertz CT molecular complexity index is 1340. The van der Waals surface area contributed by atoms with Crippen molar-refractivity contribution in [3.8, 4) is 0 Å². The number of nitrogens with one attached hydrogen (secondary N) is 2. The molecule has 5 rings (SSSR count). The molecule has 2 aromatic heterocycles. The molecule has 1 amide bonds. The van der Waals surface area contributed by atoms with E-state index in [-0.39, 0.29) is 23.3 Å². The van der Waals surface area contributed by atoms with Crippen molar-refractivity contribution in [2.24, 2.45) is 0 Å². The zero-order valence-electron chi connectivity index (χ0n) is 17.3. The van der Waals surface area contributed by atoms with E-state index in [1.807, 2.05) is 41.9 Å². The Morgan fingerprint density at radius 2 is 1.88 bits per heavy atom. The second-order valence-corrected chi connectivity index (χ2v) is 10.6. The van der Waals surface area contributed by atoms with Gasteiger partial charge in [0.1, 0.15) is 0 Å². The smallest absolute Gasteiger partial charge is 0.240 e. The first-order valence-corrected chi connectivity index (χ1v) is 12.9. The number of nitrogens with zero attached hydrogens (tertiary/aromatic N) is 1. The number of fused-ring (bicyclic) bond motifs is 1. The first-order valence-electron chi connectivity index (χ1n) is 10.5. The van der Waals surface area contributed by atoms with Gasteiger partial charge < -0.3 is 9.88 Å². The SMILES string of the molecule is O=C1CCCN1c1ccc(S(=O)(=O)NCC(c2cccs2)c2c[nH]c3ccccc23)cc1. The third-order valence-corrected chi connectivity index (χ3v) is 8.32. The van der Waals surface area contributed by atoms with Gasteiger partial charge in [0.25, 0.3) is 0 Å². The lowest BCUT2D eigenvalue weighted by molar-refractivity contribution is -0.117. The number of anilines is 1. The molecule has 0 aliphatic carbocycles. The lowest BCUT2D eigenvalue weighted by Crippen LogP contribution is -2.29. The Labute approximate surface area is 190 Å². The van der Waals surface area contributed by atoms with Crippen LogP contribution < -0.4 is 9.62 Å². The molecule has 8 heteroatoms. The number of thiophene rings is 1. The van der Waals surface area contributed by atoms with Gasteiger partial charge in [-0.15, -0.1) is 11.3 Å². The van der Waals surface area contributed by atoms with Gasteiger partial charge in [0.15, 0.2) is 0 Å². The van der Waals surface area contributed by atoms with Gasteiger partial charge in [-0.1, -0.05) is 24.3 Å². The van der Waals surface area contributed by atoms with Crippen LogP contribution in [0.15, 0.2) is 77.1 Å². The number of carbonyl (C=O) groups excluding carboxylic acids is 1. The summed E-state index contributed by atoms with van der Waals surface area (Å²) in [6, 6.07) is 18.6. The van der Waals surface area contributed by atoms with Crippen molar-refractivity contribution in [1.29, 1.82) is 0 Å². The predicted octanol–water partition coefficient (Wildman–Crippen LogP) is 4.47. The summed E-state index contributed by atoms with van der Waals surface area (Å²) in [5, 5.41) is 3.09. The van der Waals surface area contributed by atoms with Crippen molar-refractivity contribution >= 4 is 43.9 Å². The average molecular weight is 466 g/mol. The van der Waals surface area contributed by atoms with Crippen LogP contribution in [0.4, 0.5) is 5.69 Å². The van der Waals surface area contributed by atoms with Crippen LogP contribution in [0.2, 0.25) is 0 Å². The van der Waals surface area contributed by atoms with Crippen LogP contribution in [0.1, 0.15) is 29.2 Å². The van der Waals surface area contributed by atoms with Crippen molar-refractivity contribution in [3.63, 3.8) is 0 Å². The number of para-hydroxylation sites is 1. The monoisotopic (exact) mass is 465 g/mol. The molecule has 0 bridgehead atoms. The molecule has 1 aliphatic heterocycles. The molecular formula is C24H23N3O3S2. The minimum atomic E-state index is -3.70. The number of rotatable bonds is 7. The molecule has 32 heavy (non-hydrogen) atoms. The van der Waals surface area contributed by atoms with Crippen molar-refractivity contribution in [3.05, 3.63) is 82.7 Å². The summed E-state index contributed by atoms with van der Waals surface area (Å²) in [5.41, 5.74) is 2.83. The number of benzene rings is 2. The lowest BCUT2D eigenvalue weighted by atomic mass is 9.97. The minimum Gasteiger partial charge on any atom is -0.361 e. The number of amides is 1. The minimum absolute atomic E-state index is 0.0799. The Hall–Kier alpha value is -2.94. The molecule has 0 spiro atoms. The Morgan fingerprint density at radius 1 is 1.06 bits per heavy atom. The maximum absolute atomic E-state index is 13.0. The molecular weight excluding hydrogens is 442 g/mol. The summed E-state index contributed by atoms with van der Waals surface area (Å²) in [4.78, 5) is 18.2. The number of hydrogen-bond acceptors (Lipinski definition) is 4. The lowest BCUT2D eigenvalue weighted by Gasteiger charge is -2.18. The van der Waals surface area contributed by atoms with Crippen LogP contribution in [0.3, 0.4) is 0 Å². The fraction of sp³-hybridized carbons (Fsp3) is 0.208. The number of H-pyrrole nitrogens is 1. The van der Waals surface area contributed by atoms with E-state index in [4.69, 9.17) is 0 Å². The normalized spacial score (nSPS) is 15.5. The fourth-order valence-corrected chi connectivity index (χ4v) is 6.13. The molecule has 0 saturated carbocycles. The van der Waals surface area contributed by atoms with E-state index in [0.717, 1.165) is 33.5 Å². The van der Waals surface area contributed by atoms with Crippen molar-refractivity contribution in [1.82, 2.24) is 9.71 Å². The zero-order valence-corrected chi connectivity index (χ0v) is 19.0. The number of sulfonamides is 1. The number of aromatic amines is 1. The van der Waals surface area contributed by atoms with E-state index in [2.05, 4.69) is 15.8 Å². The number of carbonyl (C=O) groups is 1. The van der Waals surface area contributed by atoms with E-state index >= 15 is 0 Å². The molecule has 2 aromatic carbocycles. The highest BCUT2D eigenvalue weighted by atomic mass is 32.2. The topological polar surface area (TPSA) is 82.3 Å². The highest BCUT2D eigenvalue weighted by Crippen LogP contribution is 2.33. The molecule has 1 fully saturated rings. The van der Waals surface area contributed by atoms with Crippen LogP contribution in [-0.2, 0) is 14.8 Å². The molecule has 1 atom stereocenters. The Balaban J connectivity index is 1.39. The summed E-state index contributed by atoms with van der Waals surface area (Å²) in [6.45, 7) is 0.924. The average Bonchev–Trinajstić information content (AvgIpc) is 3.56. The summed E-state index contributed by atoms with van der Waals surface area (Å²) in [6.07, 6.45) is 3.34. The quantitative estimate of drug-likeness (QED) is 0.423. The Kier molecular flexibility index (Phi) is 5.58. The molecule has 6 nitrogen and oxygen atoms in total. The van der Waals surface area contributed by atoms with Crippen LogP contribution in [0, 0.1) is 0 Å². The third-order valence-electron chi connectivity index (χ3n) is 5.89. The standard InChI is InChI=1S/C24H23N3O3S2/c28-24-8-3-13-27(24)17-9-11-18(12-10-17)32(29,30)26-16-21(23-7-4-14-31-23)20-15-25-22-6-2-1-5-19(20)22/h1-2,4-7,9-12,14-15,21,25-26H,3,8,13,16H2. The van der Waals surface area contributed by atoms with Gasteiger partial charge in [-0.3, -0.25) is 4.79 Å². The molecule has 3 heterocycles. The van der Waals surface area contributed by atoms with E-state index < -0.39 is 10.0 Å². The van der Waals surface area contributed by atoms with Gasteiger partial charge >= 0.3 is 0 Å². The molecule has 1 aliphatic rings.